The molecular formula is C25H28N4O5. The van der Waals surface area contributed by atoms with Gasteiger partial charge in [-0.25, -0.2) is 4.79 Å². The second-order valence-corrected chi connectivity index (χ2v) is 8.43. The molecule has 2 aliphatic heterocycles. The van der Waals surface area contributed by atoms with E-state index in [1.54, 1.807) is 25.0 Å². The molecular weight excluding hydrogens is 436 g/mol. The molecule has 2 aliphatic rings. The number of rotatable bonds is 5. The van der Waals surface area contributed by atoms with Gasteiger partial charge in [-0.2, -0.15) is 0 Å². The SMILES string of the molecule is CCn1c(=O)n(CCC(=O)N2C[C@H](C(=O)N3CCOCC3)Oc3ccccc32)c2ccccc21. The van der Waals surface area contributed by atoms with Crippen LogP contribution in [0.1, 0.15) is 13.3 Å². The van der Waals surface area contributed by atoms with Crippen LogP contribution in [0.3, 0.4) is 0 Å². The van der Waals surface area contributed by atoms with Gasteiger partial charge in [0.05, 0.1) is 36.5 Å². The van der Waals surface area contributed by atoms with Crippen LogP contribution in [0.5, 0.6) is 5.75 Å². The number of imidazole rings is 1. The normalized spacial score (nSPS) is 18.0. The number of morpholine rings is 1. The molecule has 9 heteroatoms. The van der Waals surface area contributed by atoms with E-state index in [0.29, 0.717) is 44.3 Å². The minimum absolute atomic E-state index is 0.126. The van der Waals surface area contributed by atoms with Crippen LogP contribution in [0.25, 0.3) is 11.0 Å². The van der Waals surface area contributed by atoms with Gasteiger partial charge in [0.25, 0.3) is 5.91 Å². The van der Waals surface area contributed by atoms with Crippen LogP contribution in [-0.4, -0.2) is 64.8 Å². The Morgan fingerprint density at radius 3 is 2.38 bits per heavy atom. The molecule has 0 N–H and O–H groups in total. The molecule has 2 aromatic carbocycles. The van der Waals surface area contributed by atoms with Crippen molar-refractivity contribution < 1.29 is 19.1 Å². The number of fused-ring (bicyclic) bond motifs is 2. The Morgan fingerprint density at radius 2 is 1.65 bits per heavy atom. The highest BCUT2D eigenvalue weighted by Crippen LogP contribution is 2.34. The molecule has 0 unspecified atom stereocenters. The number of para-hydroxylation sites is 4. The number of benzene rings is 2. The van der Waals surface area contributed by atoms with E-state index < -0.39 is 6.10 Å². The number of aromatic nitrogens is 2. The second kappa shape index (κ2) is 9.34. The van der Waals surface area contributed by atoms with E-state index in [4.69, 9.17) is 9.47 Å². The lowest BCUT2D eigenvalue weighted by atomic mass is 10.1. The Morgan fingerprint density at radius 1 is 0.971 bits per heavy atom. The number of carbonyl (C=O) groups excluding carboxylic acids is 2. The molecule has 178 valence electrons. The van der Waals surface area contributed by atoms with Crippen molar-refractivity contribution in [1.82, 2.24) is 14.0 Å². The Bertz CT molecular complexity index is 1270. The molecule has 5 rings (SSSR count). The van der Waals surface area contributed by atoms with Crippen molar-refractivity contribution in [3.8, 4) is 5.75 Å². The molecule has 3 aromatic rings. The summed E-state index contributed by atoms with van der Waals surface area (Å²) in [6.45, 7) is 4.90. The fourth-order valence-corrected chi connectivity index (χ4v) is 4.72. The molecule has 1 aromatic heterocycles. The predicted octanol–water partition coefficient (Wildman–Crippen LogP) is 1.87. The first-order valence-corrected chi connectivity index (χ1v) is 11.7. The highest BCUT2D eigenvalue weighted by atomic mass is 16.5. The van der Waals surface area contributed by atoms with E-state index in [1.807, 2.05) is 49.4 Å². The number of nitrogens with zero attached hydrogens (tertiary/aromatic N) is 4. The van der Waals surface area contributed by atoms with Crippen LogP contribution in [0.2, 0.25) is 0 Å². The molecule has 1 atom stereocenters. The van der Waals surface area contributed by atoms with Crippen molar-refractivity contribution in [1.29, 1.82) is 0 Å². The third kappa shape index (κ3) is 3.96. The van der Waals surface area contributed by atoms with Gasteiger partial charge >= 0.3 is 5.69 Å². The fourth-order valence-electron chi connectivity index (χ4n) is 4.72. The highest BCUT2D eigenvalue weighted by Gasteiger charge is 2.36. The maximum absolute atomic E-state index is 13.4. The van der Waals surface area contributed by atoms with E-state index >= 15 is 0 Å². The lowest BCUT2D eigenvalue weighted by molar-refractivity contribution is -0.142. The summed E-state index contributed by atoms with van der Waals surface area (Å²) in [6, 6.07) is 14.9. The third-order valence-electron chi connectivity index (χ3n) is 6.46. The van der Waals surface area contributed by atoms with Crippen LogP contribution in [0.15, 0.2) is 53.3 Å². The molecule has 2 amide bonds. The largest absolute Gasteiger partial charge is 0.476 e. The quantitative estimate of drug-likeness (QED) is 0.576. The van der Waals surface area contributed by atoms with E-state index in [1.165, 1.54) is 0 Å². The van der Waals surface area contributed by atoms with Gasteiger partial charge in [-0.3, -0.25) is 18.7 Å². The summed E-state index contributed by atoms with van der Waals surface area (Å²) in [7, 11) is 0. The highest BCUT2D eigenvalue weighted by molar-refractivity contribution is 5.97. The zero-order valence-corrected chi connectivity index (χ0v) is 19.2. The molecule has 0 aliphatic carbocycles. The lowest BCUT2D eigenvalue weighted by Gasteiger charge is -2.37. The van der Waals surface area contributed by atoms with Crippen molar-refractivity contribution in [2.75, 3.05) is 37.7 Å². The van der Waals surface area contributed by atoms with Gasteiger partial charge in [0.1, 0.15) is 5.75 Å². The first kappa shape index (κ1) is 22.2. The molecule has 3 heterocycles. The van der Waals surface area contributed by atoms with Gasteiger partial charge in [0.15, 0.2) is 6.10 Å². The third-order valence-corrected chi connectivity index (χ3v) is 6.46. The zero-order valence-electron chi connectivity index (χ0n) is 19.2. The van der Waals surface area contributed by atoms with Crippen LogP contribution in [-0.2, 0) is 27.4 Å². The smallest absolute Gasteiger partial charge is 0.329 e. The first-order valence-electron chi connectivity index (χ1n) is 11.7. The Labute approximate surface area is 197 Å². The Kier molecular flexibility index (Phi) is 6.10. The number of hydrogen-bond acceptors (Lipinski definition) is 5. The van der Waals surface area contributed by atoms with Crippen molar-refractivity contribution in [3.63, 3.8) is 0 Å². The summed E-state index contributed by atoms with van der Waals surface area (Å²) in [5.41, 5.74) is 2.18. The van der Waals surface area contributed by atoms with Crippen molar-refractivity contribution >= 4 is 28.5 Å². The molecule has 9 nitrogen and oxygen atoms in total. The Hall–Kier alpha value is -3.59. The molecule has 0 saturated carbocycles. The van der Waals surface area contributed by atoms with Crippen molar-refractivity contribution in [2.45, 2.75) is 32.5 Å². The van der Waals surface area contributed by atoms with Gasteiger partial charge in [0, 0.05) is 32.6 Å². The van der Waals surface area contributed by atoms with Gasteiger partial charge in [-0.05, 0) is 31.2 Å². The van der Waals surface area contributed by atoms with Crippen LogP contribution in [0.4, 0.5) is 5.69 Å². The summed E-state index contributed by atoms with van der Waals surface area (Å²) < 4.78 is 14.7. The lowest BCUT2D eigenvalue weighted by Crippen LogP contribution is -2.54. The first-order chi connectivity index (χ1) is 16.6. The van der Waals surface area contributed by atoms with Crippen molar-refractivity contribution in [3.05, 3.63) is 59.0 Å². The number of amides is 2. The standard InChI is InChI=1S/C25H28N4O5/c1-2-27-18-7-3-4-8-19(18)28(25(27)32)12-11-23(30)29-17-22(24(31)26-13-15-33-16-14-26)34-21-10-6-5-9-20(21)29/h3-10,22H,2,11-17H2,1H3/t22-/m1/s1. The number of ether oxygens (including phenoxy) is 2. The maximum Gasteiger partial charge on any atom is 0.329 e. The molecule has 34 heavy (non-hydrogen) atoms. The average Bonchev–Trinajstić information content (AvgIpc) is 3.16. The average molecular weight is 465 g/mol. The van der Waals surface area contributed by atoms with Crippen LogP contribution >= 0.6 is 0 Å². The second-order valence-electron chi connectivity index (χ2n) is 8.43. The molecule has 0 radical (unpaired) electrons. The predicted molar refractivity (Wildman–Crippen MR) is 127 cm³/mol. The molecule has 0 bridgehead atoms. The van der Waals surface area contributed by atoms with E-state index in [-0.39, 0.29) is 37.0 Å². The summed E-state index contributed by atoms with van der Waals surface area (Å²) >= 11 is 0. The summed E-state index contributed by atoms with van der Waals surface area (Å²) in [5.74, 6) is 0.210. The maximum atomic E-state index is 13.4. The number of aryl methyl sites for hydroxylation is 2. The molecule has 1 saturated heterocycles. The Balaban J connectivity index is 1.38. The summed E-state index contributed by atoms with van der Waals surface area (Å²) in [5, 5.41) is 0. The molecule has 1 fully saturated rings. The number of carbonyl (C=O) groups is 2. The van der Waals surface area contributed by atoms with Gasteiger partial charge in [-0.1, -0.05) is 24.3 Å². The van der Waals surface area contributed by atoms with Gasteiger partial charge < -0.3 is 19.3 Å². The zero-order chi connectivity index (χ0) is 23.7. The molecule has 0 spiro atoms. The summed E-state index contributed by atoms with van der Waals surface area (Å²) in [4.78, 5) is 42.8. The topological polar surface area (TPSA) is 86.0 Å². The minimum Gasteiger partial charge on any atom is -0.476 e. The summed E-state index contributed by atoms with van der Waals surface area (Å²) in [6.07, 6.45) is -0.647. The van der Waals surface area contributed by atoms with E-state index in [2.05, 4.69) is 0 Å². The minimum atomic E-state index is -0.776. The van der Waals surface area contributed by atoms with E-state index in [0.717, 1.165) is 11.0 Å². The van der Waals surface area contributed by atoms with Crippen LogP contribution < -0.4 is 15.3 Å². The van der Waals surface area contributed by atoms with Crippen molar-refractivity contribution in [2.24, 2.45) is 0 Å². The van der Waals surface area contributed by atoms with Gasteiger partial charge in [0.2, 0.25) is 5.91 Å². The monoisotopic (exact) mass is 464 g/mol. The number of hydrogen-bond donors (Lipinski definition) is 0. The van der Waals surface area contributed by atoms with E-state index in [9.17, 15) is 14.4 Å². The van der Waals surface area contributed by atoms with Crippen LogP contribution in [0, 0.1) is 0 Å². The fraction of sp³-hybridized carbons (Fsp3) is 0.400. The van der Waals surface area contributed by atoms with Gasteiger partial charge in [-0.15, -0.1) is 0 Å². The number of anilines is 1.